The Balaban J connectivity index is 0.00000225. The molecule has 0 unspecified atom stereocenters. The molecule has 0 aliphatic heterocycles. The summed E-state index contributed by atoms with van der Waals surface area (Å²) in [5, 5.41) is 5.73. The van der Waals surface area contributed by atoms with Crippen LogP contribution in [0, 0.1) is 5.82 Å². The Morgan fingerprint density at radius 1 is 0.964 bits per heavy atom. The van der Waals surface area contributed by atoms with E-state index in [1.54, 1.807) is 43.6 Å². The van der Waals surface area contributed by atoms with Crippen LogP contribution in [0.3, 0.4) is 0 Å². The van der Waals surface area contributed by atoms with Gasteiger partial charge in [0.2, 0.25) is 0 Å². The van der Waals surface area contributed by atoms with Crippen LogP contribution in [0.25, 0.3) is 27.7 Å². The maximum Gasteiger partial charge on any atom is 0.279 e. The maximum atomic E-state index is 14.3. The summed E-state index contributed by atoms with van der Waals surface area (Å²) in [6.07, 6.45) is 1.75. The largest absolute Gasteiger partial charge is 0.412 e. The quantitative estimate of drug-likeness (QED) is 0.514. The van der Waals surface area contributed by atoms with Crippen molar-refractivity contribution < 1.29 is 9.87 Å². The summed E-state index contributed by atoms with van der Waals surface area (Å²) in [5.74, 6) is -0.500. The molecule has 140 valence electrons. The number of aromatic nitrogens is 2. The summed E-state index contributed by atoms with van der Waals surface area (Å²) in [7, 11) is 1.71. The molecule has 0 bridgehead atoms. The molecule has 4 rings (SSSR count). The number of hydrogen-bond acceptors (Lipinski definition) is 3. The van der Waals surface area contributed by atoms with Gasteiger partial charge in [0.25, 0.3) is 5.56 Å². The molecule has 0 amide bonds. The molecule has 1 aromatic heterocycles. The highest BCUT2D eigenvalue weighted by Gasteiger charge is 2.15. The summed E-state index contributed by atoms with van der Waals surface area (Å²) >= 11 is 0. The Kier molecular flexibility index (Phi) is 5.42. The smallest absolute Gasteiger partial charge is 0.279 e. The number of rotatable bonds is 3. The molecule has 0 saturated carbocycles. The van der Waals surface area contributed by atoms with Gasteiger partial charge >= 0.3 is 0 Å². The van der Waals surface area contributed by atoms with Crippen LogP contribution in [0.2, 0.25) is 0 Å². The minimum absolute atomic E-state index is 0. The van der Waals surface area contributed by atoms with Gasteiger partial charge in [0.15, 0.2) is 0 Å². The van der Waals surface area contributed by atoms with Gasteiger partial charge in [-0.2, -0.15) is 9.78 Å². The van der Waals surface area contributed by atoms with Crippen LogP contribution >= 0.6 is 0 Å². The van der Waals surface area contributed by atoms with Gasteiger partial charge in [-0.15, -0.1) is 0 Å². The molecule has 0 fully saturated rings. The van der Waals surface area contributed by atoms with E-state index in [2.05, 4.69) is 10.1 Å². The van der Waals surface area contributed by atoms with Crippen molar-refractivity contribution in [1.82, 2.24) is 9.78 Å². The van der Waals surface area contributed by atoms with E-state index in [0.717, 1.165) is 21.2 Å². The molecule has 0 aliphatic carbocycles. The molecule has 4 aromatic rings. The number of fused-ring (bicyclic) bond motifs is 1. The second-order valence-corrected chi connectivity index (χ2v) is 6.08. The van der Waals surface area contributed by atoms with E-state index in [9.17, 15) is 9.18 Å². The van der Waals surface area contributed by atoms with Crippen molar-refractivity contribution in [2.75, 3.05) is 7.05 Å². The predicted molar refractivity (Wildman–Crippen MR) is 110 cm³/mol. The first-order valence-corrected chi connectivity index (χ1v) is 8.48. The van der Waals surface area contributed by atoms with Gasteiger partial charge in [-0.1, -0.05) is 48.5 Å². The molecular formula is C22H18FN3O2. The van der Waals surface area contributed by atoms with Gasteiger partial charge in [-0.05, 0) is 29.8 Å². The first kappa shape index (κ1) is 19.1. The summed E-state index contributed by atoms with van der Waals surface area (Å²) in [6, 6.07) is 21.1. The molecule has 28 heavy (non-hydrogen) atoms. The van der Waals surface area contributed by atoms with Crippen LogP contribution < -0.4 is 5.56 Å². The van der Waals surface area contributed by atoms with Crippen molar-refractivity contribution in [3.8, 4) is 16.9 Å². The molecule has 0 aliphatic rings. The van der Waals surface area contributed by atoms with Crippen molar-refractivity contribution in [2.45, 2.75) is 0 Å². The van der Waals surface area contributed by atoms with E-state index in [-0.39, 0.29) is 16.7 Å². The molecular weight excluding hydrogens is 357 g/mol. The topological polar surface area (TPSA) is 78.8 Å². The average molecular weight is 375 g/mol. The Bertz CT molecular complexity index is 1230. The van der Waals surface area contributed by atoms with E-state index in [1.807, 2.05) is 36.4 Å². The second kappa shape index (κ2) is 7.94. The van der Waals surface area contributed by atoms with Crippen LogP contribution in [-0.2, 0) is 0 Å². The lowest BCUT2D eigenvalue weighted by Gasteiger charge is -2.12. The fraction of sp³-hybridized carbons (Fsp3) is 0.0455. The first-order valence-electron chi connectivity index (χ1n) is 8.48. The molecule has 0 spiro atoms. The molecule has 3 aromatic carbocycles. The number of halogens is 1. The van der Waals surface area contributed by atoms with Crippen LogP contribution in [0.15, 0.2) is 82.6 Å². The third-order valence-corrected chi connectivity index (χ3v) is 4.32. The van der Waals surface area contributed by atoms with Crippen LogP contribution in [0.1, 0.15) is 5.56 Å². The van der Waals surface area contributed by atoms with Gasteiger partial charge in [0, 0.05) is 24.2 Å². The Hall–Kier alpha value is -3.64. The highest BCUT2D eigenvalue weighted by Crippen LogP contribution is 2.26. The minimum Gasteiger partial charge on any atom is -0.412 e. The van der Waals surface area contributed by atoms with Crippen molar-refractivity contribution in [1.29, 1.82) is 0 Å². The Morgan fingerprint density at radius 2 is 1.68 bits per heavy atom. The molecule has 1 heterocycles. The molecule has 0 saturated heterocycles. The lowest BCUT2D eigenvalue weighted by molar-refractivity contribution is 0.607. The maximum absolute atomic E-state index is 14.3. The zero-order valence-electron chi connectivity index (χ0n) is 15.1. The monoisotopic (exact) mass is 375 g/mol. The first-order chi connectivity index (χ1) is 13.2. The fourth-order valence-corrected chi connectivity index (χ4v) is 3.10. The molecule has 0 radical (unpaired) electrons. The fourth-order valence-electron chi connectivity index (χ4n) is 3.10. The zero-order valence-corrected chi connectivity index (χ0v) is 15.1. The Morgan fingerprint density at radius 3 is 2.43 bits per heavy atom. The third-order valence-electron chi connectivity index (χ3n) is 4.32. The van der Waals surface area contributed by atoms with Gasteiger partial charge in [-0.3, -0.25) is 9.79 Å². The lowest BCUT2D eigenvalue weighted by Crippen LogP contribution is -2.23. The standard InChI is InChI=1S/C22H16FN3O.H2O/c1-24-14-15-7-6-8-16(13-15)21-17-9-2-3-10-18(17)22(27)26(25-21)20-12-5-4-11-19(20)23;/h2-14H,1H3;1H2/b24-14-;. The van der Waals surface area contributed by atoms with Crippen molar-refractivity contribution in [3.63, 3.8) is 0 Å². The molecule has 5 nitrogen and oxygen atoms in total. The third kappa shape index (κ3) is 3.33. The van der Waals surface area contributed by atoms with Gasteiger partial charge in [0.05, 0.1) is 11.1 Å². The highest BCUT2D eigenvalue weighted by molar-refractivity contribution is 5.95. The van der Waals surface area contributed by atoms with Gasteiger partial charge in [-0.25, -0.2) is 4.39 Å². The van der Waals surface area contributed by atoms with E-state index in [1.165, 1.54) is 6.07 Å². The van der Waals surface area contributed by atoms with Crippen LogP contribution in [0.4, 0.5) is 4.39 Å². The van der Waals surface area contributed by atoms with Gasteiger partial charge < -0.3 is 5.48 Å². The number of aliphatic imine (C=N–C) groups is 1. The number of nitrogens with zero attached hydrogens (tertiary/aromatic N) is 3. The normalized spacial score (nSPS) is 10.9. The number of para-hydroxylation sites is 1. The van der Waals surface area contributed by atoms with Crippen molar-refractivity contribution in [3.05, 3.63) is 94.5 Å². The van der Waals surface area contributed by atoms with E-state index in [4.69, 9.17) is 0 Å². The number of benzene rings is 3. The highest BCUT2D eigenvalue weighted by atomic mass is 19.1. The molecule has 2 N–H and O–H groups in total. The molecule has 6 heteroatoms. The van der Waals surface area contributed by atoms with E-state index < -0.39 is 5.82 Å². The summed E-state index contributed by atoms with van der Waals surface area (Å²) in [6.45, 7) is 0. The second-order valence-electron chi connectivity index (χ2n) is 6.08. The lowest BCUT2D eigenvalue weighted by atomic mass is 10.0. The van der Waals surface area contributed by atoms with Gasteiger partial charge in [0.1, 0.15) is 11.5 Å². The van der Waals surface area contributed by atoms with E-state index in [0.29, 0.717) is 11.1 Å². The summed E-state index contributed by atoms with van der Waals surface area (Å²) in [5.41, 5.74) is 2.13. The van der Waals surface area contributed by atoms with Crippen molar-refractivity contribution in [2.24, 2.45) is 4.99 Å². The predicted octanol–water partition coefficient (Wildman–Crippen LogP) is 3.42. The minimum atomic E-state index is -0.500. The van der Waals surface area contributed by atoms with Crippen LogP contribution in [0.5, 0.6) is 0 Å². The Labute approximate surface area is 160 Å². The average Bonchev–Trinajstić information content (AvgIpc) is 2.70. The summed E-state index contributed by atoms with van der Waals surface area (Å²) < 4.78 is 15.5. The number of hydrogen-bond donors (Lipinski definition) is 0. The molecule has 0 atom stereocenters. The zero-order chi connectivity index (χ0) is 18.8. The van der Waals surface area contributed by atoms with Crippen LogP contribution in [-0.4, -0.2) is 28.5 Å². The SMILES string of the molecule is C/N=C\c1cccc(-c2nn(-c3ccccc3F)c(=O)c3ccccc23)c1.O. The van der Waals surface area contributed by atoms with E-state index >= 15 is 0 Å². The summed E-state index contributed by atoms with van der Waals surface area (Å²) in [4.78, 5) is 17.0. The van der Waals surface area contributed by atoms with Crippen molar-refractivity contribution >= 4 is 17.0 Å².